The van der Waals surface area contributed by atoms with Crippen molar-refractivity contribution in [1.82, 2.24) is 10.5 Å². The zero-order chi connectivity index (χ0) is 8.97. The van der Waals surface area contributed by atoms with Crippen LogP contribution in [0.3, 0.4) is 0 Å². The molecule has 1 aromatic rings. The lowest BCUT2D eigenvalue weighted by molar-refractivity contribution is 0.0706. The monoisotopic (exact) mass is 167 g/mol. The molecule has 1 amide bonds. The van der Waals surface area contributed by atoms with E-state index >= 15 is 0 Å². The highest BCUT2D eigenvalue weighted by atomic mass is 16.5. The van der Waals surface area contributed by atoms with E-state index in [-0.39, 0.29) is 6.54 Å². The minimum absolute atomic E-state index is 0.270. The molecule has 12 heavy (non-hydrogen) atoms. The van der Waals surface area contributed by atoms with E-state index in [0.29, 0.717) is 11.3 Å². The van der Waals surface area contributed by atoms with Crippen molar-refractivity contribution in [3.8, 4) is 0 Å². The van der Waals surface area contributed by atoms with Crippen molar-refractivity contribution in [1.29, 1.82) is 0 Å². The summed E-state index contributed by atoms with van der Waals surface area (Å²) in [5.74, 6) is -0.563. The van der Waals surface area contributed by atoms with E-state index in [1.54, 1.807) is 0 Å². The molecule has 0 aliphatic heterocycles. The number of rotatable bonds is 2. The Bertz CT molecular complexity index is 288. The van der Waals surface area contributed by atoms with Crippen molar-refractivity contribution in [2.75, 3.05) is 0 Å². The van der Waals surface area contributed by atoms with Crippen LogP contribution in [0, 0.1) is 0 Å². The quantitative estimate of drug-likeness (QED) is 0.415. The Labute approximate surface area is 69.2 Å². The summed E-state index contributed by atoms with van der Waals surface area (Å²) in [6.45, 7) is 0.270. The van der Waals surface area contributed by atoms with E-state index < -0.39 is 5.91 Å². The van der Waals surface area contributed by atoms with Crippen molar-refractivity contribution in [3.05, 3.63) is 29.6 Å². The smallest absolute Gasteiger partial charge is 0.274 e. The van der Waals surface area contributed by atoms with Gasteiger partial charge in [0.15, 0.2) is 0 Å². The number of aromatic nitrogens is 1. The molecule has 1 heterocycles. The van der Waals surface area contributed by atoms with Crippen LogP contribution in [0.25, 0.3) is 0 Å². The largest absolute Gasteiger partial charge is 0.325 e. The van der Waals surface area contributed by atoms with Crippen LogP contribution in [0.2, 0.25) is 0 Å². The van der Waals surface area contributed by atoms with E-state index in [9.17, 15) is 4.79 Å². The van der Waals surface area contributed by atoms with Gasteiger partial charge >= 0.3 is 0 Å². The summed E-state index contributed by atoms with van der Waals surface area (Å²) in [5.41, 5.74) is 7.78. The molecule has 1 aromatic heterocycles. The van der Waals surface area contributed by atoms with Crippen LogP contribution in [0.5, 0.6) is 0 Å². The normalized spacial score (nSPS) is 9.50. The third-order valence-corrected chi connectivity index (χ3v) is 1.39. The molecule has 0 spiro atoms. The first kappa shape index (κ1) is 8.63. The standard InChI is InChI=1S/C7H9N3O2/c8-4-6-3-5(1-2-9-6)7(11)10-12/h1-3,12H,4,8H2,(H,10,11). The molecule has 0 bridgehead atoms. The predicted octanol–water partition coefficient (Wildman–Crippen LogP) is -0.341. The molecular formula is C7H9N3O2. The van der Waals surface area contributed by atoms with Crippen LogP contribution in [-0.2, 0) is 6.54 Å². The average Bonchev–Trinajstić information content (AvgIpc) is 2.17. The minimum Gasteiger partial charge on any atom is -0.325 e. The van der Waals surface area contributed by atoms with E-state index in [1.807, 2.05) is 0 Å². The molecule has 0 fully saturated rings. The highest BCUT2D eigenvalue weighted by Gasteiger charge is 2.03. The molecule has 4 N–H and O–H groups in total. The Morgan fingerprint density at radius 2 is 2.50 bits per heavy atom. The molecule has 0 aliphatic rings. The van der Waals surface area contributed by atoms with Gasteiger partial charge in [0.25, 0.3) is 5.91 Å². The number of nitrogens with zero attached hydrogens (tertiary/aromatic N) is 1. The maximum atomic E-state index is 10.9. The van der Waals surface area contributed by atoms with Gasteiger partial charge in [0, 0.05) is 18.3 Å². The van der Waals surface area contributed by atoms with Crippen molar-refractivity contribution < 1.29 is 10.0 Å². The Kier molecular flexibility index (Phi) is 2.73. The zero-order valence-corrected chi connectivity index (χ0v) is 6.32. The average molecular weight is 167 g/mol. The minimum atomic E-state index is -0.563. The summed E-state index contributed by atoms with van der Waals surface area (Å²) in [6.07, 6.45) is 1.47. The van der Waals surface area contributed by atoms with Gasteiger partial charge in [0.1, 0.15) is 0 Å². The Morgan fingerprint density at radius 3 is 3.08 bits per heavy atom. The Morgan fingerprint density at radius 1 is 1.75 bits per heavy atom. The van der Waals surface area contributed by atoms with Crippen LogP contribution >= 0.6 is 0 Å². The number of nitrogens with one attached hydrogen (secondary N) is 1. The van der Waals surface area contributed by atoms with Gasteiger partial charge in [0.2, 0.25) is 0 Å². The maximum Gasteiger partial charge on any atom is 0.274 e. The molecule has 0 saturated heterocycles. The fraction of sp³-hybridized carbons (Fsp3) is 0.143. The predicted molar refractivity (Wildman–Crippen MR) is 41.4 cm³/mol. The number of carbonyl (C=O) groups excluding carboxylic acids is 1. The van der Waals surface area contributed by atoms with Crippen molar-refractivity contribution >= 4 is 5.91 Å². The summed E-state index contributed by atoms with van der Waals surface area (Å²) < 4.78 is 0. The lowest BCUT2D eigenvalue weighted by Crippen LogP contribution is -2.19. The maximum absolute atomic E-state index is 10.9. The molecule has 0 unspecified atom stereocenters. The van der Waals surface area contributed by atoms with Crippen LogP contribution in [0.15, 0.2) is 18.3 Å². The van der Waals surface area contributed by atoms with E-state index in [0.717, 1.165) is 0 Å². The fourth-order valence-corrected chi connectivity index (χ4v) is 0.796. The molecule has 5 nitrogen and oxygen atoms in total. The van der Waals surface area contributed by atoms with Gasteiger partial charge in [-0.15, -0.1) is 0 Å². The lowest BCUT2D eigenvalue weighted by Gasteiger charge is -1.99. The number of hydroxylamine groups is 1. The second kappa shape index (κ2) is 3.80. The second-order valence-corrected chi connectivity index (χ2v) is 2.18. The van der Waals surface area contributed by atoms with Crippen LogP contribution in [0.4, 0.5) is 0 Å². The number of carbonyl (C=O) groups is 1. The topological polar surface area (TPSA) is 88.2 Å². The Balaban J connectivity index is 2.93. The highest BCUT2D eigenvalue weighted by molar-refractivity contribution is 5.93. The van der Waals surface area contributed by atoms with Crippen molar-refractivity contribution in [3.63, 3.8) is 0 Å². The van der Waals surface area contributed by atoms with Gasteiger partial charge in [-0.3, -0.25) is 15.0 Å². The Hall–Kier alpha value is -1.46. The summed E-state index contributed by atoms with van der Waals surface area (Å²) in [4.78, 5) is 14.7. The van der Waals surface area contributed by atoms with Gasteiger partial charge < -0.3 is 5.73 Å². The molecule has 0 saturated carbocycles. The summed E-state index contributed by atoms with van der Waals surface area (Å²) in [5, 5.41) is 8.30. The SMILES string of the molecule is NCc1cc(C(=O)NO)ccn1. The van der Waals surface area contributed by atoms with E-state index in [1.165, 1.54) is 23.8 Å². The number of amides is 1. The van der Waals surface area contributed by atoms with Gasteiger partial charge in [0.05, 0.1) is 5.69 Å². The fourth-order valence-electron chi connectivity index (χ4n) is 0.796. The van der Waals surface area contributed by atoms with Gasteiger partial charge in [-0.25, -0.2) is 5.48 Å². The van der Waals surface area contributed by atoms with Crippen LogP contribution in [-0.4, -0.2) is 16.1 Å². The lowest BCUT2D eigenvalue weighted by atomic mass is 10.2. The van der Waals surface area contributed by atoms with Gasteiger partial charge in [-0.05, 0) is 12.1 Å². The molecule has 0 aromatic carbocycles. The number of nitrogens with two attached hydrogens (primary N) is 1. The van der Waals surface area contributed by atoms with Crippen LogP contribution in [0.1, 0.15) is 16.1 Å². The van der Waals surface area contributed by atoms with Gasteiger partial charge in [-0.2, -0.15) is 0 Å². The second-order valence-electron chi connectivity index (χ2n) is 2.18. The number of hydrogen-bond acceptors (Lipinski definition) is 4. The zero-order valence-electron chi connectivity index (χ0n) is 6.32. The molecule has 64 valence electrons. The summed E-state index contributed by atoms with van der Waals surface area (Å²) in [7, 11) is 0. The van der Waals surface area contributed by atoms with Crippen molar-refractivity contribution in [2.24, 2.45) is 5.73 Å². The van der Waals surface area contributed by atoms with Gasteiger partial charge in [-0.1, -0.05) is 0 Å². The number of pyridine rings is 1. The van der Waals surface area contributed by atoms with Crippen molar-refractivity contribution in [2.45, 2.75) is 6.54 Å². The molecule has 0 aliphatic carbocycles. The summed E-state index contributed by atoms with van der Waals surface area (Å²) in [6, 6.07) is 3.01. The molecule has 0 atom stereocenters. The van der Waals surface area contributed by atoms with E-state index in [4.69, 9.17) is 10.9 Å². The first-order valence-corrected chi connectivity index (χ1v) is 3.37. The molecular weight excluding hydrogens is 158 g/mol. The number of hydrogen-bond donors (Lipinski definition) is 3. The molecule has 5 heteroatoms. The third-order valence-electron chi connectivity index (χ3n) is 1.39. The molecule has 1 rings (SSSR count). The summed E-state index contributed by atoms with van der Waals surface area (Å²) >= 11 is 0. The van der Waals surface area contributed by atoms with E-state index in [2.05, 4.69) is 4.98 Å². The molecule has 0 radical (unpaired) electrons. The first-order valence-electron chi connectivity index (χ1n) is 3.37. The van der Waals surface area contributed by atoms with Crippen LogP contribution < -0.4 is 11.2 Å². The highest BCUT2D eigenvalue weighted by Crippen LogP contribution is 2.00. The first-order chi connectivity index (χ1) is 5.77. The third kappa shape index (κ3) is 1.77.